The second-order valence-electron chi connectivity index (χ2n) is 7.09. The first kappa shape index (κ1) is 22.8. The van der Waals surface area contributed by atoms with Crippen LogP contribution in [0, 0.1) is 11.8 Å². The molecule has 0 aliphatic rings. The van der Waals surface area contributed by atoms with E-state index in [2.05, 4.69) is 63.2 Å². The van der Waals surface area contributed by atoms with Gasteiger partial charge in [0.25, 0.3) is 0 Å². The summed E-state index contributed by atoms with van der Waals surface area (Å²) < 4.78 is 0. The molecular weight excluding hydrogens is 294 g/mol. The Bertz CT molecular complexity index is 392. The molecule has 0 bridgehead atoms. The molecule has 0 aromatic heterocycles. The van der Waals surface area contributed by atoms with Crippen molar-refractivity contribution in [3.8, 4) is 0 Å². The molecule has 0 aliphatic carbocycles. The van der Waals surface area contributed by atoms with E-state index in [-0.39, 0.29) is 0 Å². The van der Waals surface area contributed by atoms with Crippen LogP contribution in [0.5, 0.6) is 0 Å². The van der Waals surface area contributed by atoms with Crippen molar-refractivity contribution < 1.29 is 0 Å². The SMILES string of the molecule is C=C(NCCC(CC)CC(C)CC)/C(=C\NC)CNCC=C(C)C. The summed E-state index contributed by atoms with van der Waals surface area (Å²) in [5.41, 5.74) is 3.55. The predicted octanol–water partition coefficient (Wildman–Crippen LogP) is 4.60. The van der Waals surface area contributed by atoms with Gasteiger partial charge in [-0.15, -0.1) is 0 Å². The molecule has 3 N–H and O–H groups in total. The van der Waals surface area contributed by atoms with Crippen LogP contribution < -0.4 is 16.0 Å². The lowest BCUT2D eigenvalue weighted by molar-refractivity contribution is 0.352. The quantitative estimate of drug-likeness (QED) is 0.247. The van der Waals surface area contributed by atoms with Crippen LogP contribution >= 0.6 is 0 Å². The first-order valence-electron chi connectivity index (χ1n) is 9.57. The molecule has 0 saturated carbocycles. The molecule has 2 atom stereocenters. The van der Waals surface area contributed by atoms with Gasteiger partial charge in [-0.3, -0.25) is 0 Å². The summed E-state index contributed by atoms with van der Waals surface area (Å²) in [4.78, 5) is 0. The molecule has 0 spiro atoms. The van der Waals surface area contributed by atoms with Crippen LogP contribution in [0.1, 0.15) is 60.3 Å². The van der Waals surface area contributed by atoms with Gasteiger partial charge in [-0.1, -0.05) is 51.8 Å². The van der Waals surface area contributed by atoms with Crippen LogP contribution in [-0.4, -0.2) is 26.7 Å². The minimum absolute atomic E-state index is 0.813. The summed E-state index contributed by atoms with van der Waals surface area (Å²) in [6.45, 7) is 18.1. The van der Waals surface area contributed by atoms with E-state index >= 15 is 0 Å². The summed E-state index contributed by atoms with van der Waals surface area (Å²) in [5.74, 6) is 1.64. The Balaban J connectivity index is 4.27. The molecule has 0 radical (unpaired) electrons. The Morgan fingerprint density at radius 2 is 1.88 bits per heavy atom. The smallest absolute Gasteiger partial charge is 0.0327 e. The van der Waals surface area contributed by atoms with Crippen molar-refractivity contribution in [3.05, 3.63) is 35.7 Å². The van der Waals surface area contributed by atoms with E-state index < -0.39 is 0 Å². The van der Waals surface area contributed by atoms with E-state index in [9.17, 15) is 0 Å². The Morgan fingerprint density at radius 3 is 2.42 bits per heavy atom. The van der Waals surface area contributed by atoms with Gasteiger partial charge in [-0.2, -0.15) is 0 Å². The molecule has 0 aromatic rings. The second kappa shape index (κ2) is 14.2. The zero-order chi connectivity index (χ0) is 18.4. The first-order chi connectivity index (χ1) is 11.4. The number of nitrogens with one attached hydrogen (secondary N) is 3. The minimum atomic E-state index is 0.813. The molecular formula is C21H41N3. The summed E-state index contributed by atoms with van der Waals surface area (Å²) in [6, 6.07) is 0. The molecule has 24 heavy (non-hydrogen) atoms. The molecule has 0 saturated heterocycles. The molecule has 0 aliphatic heterocycles. The molecule has 0 aromatic carbocycles. The van der Waals surface area contributed by atoms with Gasteiger partial charge in [0.1, 0.15) is 0 Å². The average molecular weight is 336 g/mol. The third kappa shape index (κ3) is 11.3. The summed E-state index contributed by atoms with van der Waals surface area (Å²) in [6.07, 6.45) is 9.34. The van der Waals surface area contributed by atoms with Crippen LogP contribution in [-0.2, 0) is 0 Å². The van der Waals surface area contributed by atoms with E-state index in [4.69, 9.17) is 0 Å². The highest BCUT2D eigenvalue weighted by Gasteiger charge is 2.11. The largest absolute Gasteiger partial charge is 0.394 e. The molecule has 0 fully saturated rings. The molecule has 0 amide bonds. The van der Waals surface area contributed by atoms with E-state index in [1.54, 1.807) is 0 Å². The Kier molecular flexibility index (Phi) is 13.4. The molecule has 3 nitrogen and oxygen atoms in total. The van der Waals surface area contributed by atoms with Crippen LogP contribution in [0.3, 0.4) is 0 Å². The van der Waals surface area contributed by atoms with Crippen molar-refractivity contribution in [1.82, 2.24) is 16.0 Å². The number of hydrogen-bond donors (Lipinski definition) is 3. The third-order valence-electron chi connectivity index (χ3n) is 4.58. The van der Waals surface area contributed by atoms with Crippen LogP contribution in [0.15, 0.2) is 35.7 Å². The number of allylic oxidation sites excluding steroid dienone is 1. The van der Waals surface area contributed by atoms with Crippen molar-refractivity contribution in [2.45, 2.75) is 60.3 Å². The first-order valence-corrected chi connectivity index (χ1v) is 9.57. The van der Waals surface area contributed by atoms with Crippen LogP contribution in [0.25, 0.3) is 0 Å². The normalized spacial score (nSPS) is 14.0. The third-order valence-corrected chi connectivity index (χ3v) is 4.58. The van der Waals surface area contributed by atoms with Crippen LogP contribution in [0.4, 0.5) is 0 Å². The second-order valence-corrected chi connectivity index (χ2v) is 7.09. The van der Waals surface area contributed by atoms with Crippen molar-refractivity contribution in [1.29, 1.82) is 0 Å². The van der Waals surface area contributed by atoms with Gasteiger partial charge in [0.15, 0.2) is 0 Å². The van der Waals surface area contributed by atoms with E-state index in [1.165, 1.54) is 36.8 Å². The van der Waals surface area contributed by atoms with E-state index in [1.807, 2.05) is 13.2 Å². The van der Waals surface area contributed by atoms with Gasteiger partial charge in [-0.25, -0.2) is 0 Å². The molecule has 140 valence electrons. The fourth-order valence-corrected chi connectivity index (χ4v) is 2.67. The lowest BCUT2D eigenvalue weighted by Crippen LogP contribution is -2.25. The molecule has 3 heteroatoms. The fraction of sp³-hybridized carbons (Fsp3) is 0.714. The number of rotatable bonds is 14. The van der Waals surface area contributed by atoms with Crippen molar-refractivity contribution in [3.63, 3.8) is 0 Å². The Hall–Kier alpha value is -1.22. The topological polar surface area (TPSA) is 36.1 Å². The summed E-state index contributed by atoms with van der Waals surface area (Å²) in [7, 11) is 1.93. The van der Waals surface area contributed by atoms with Crippen molar-refractivity contribution in [2.24, 2.45) is 11.8 Å². The maximum absolute atomic E-state index is 4.21. The number of hydrogen-bond acceptors (Lipinski definition) is 3. The van der Waals surface area contributed by atoms with E-state index in [0.29, 0.717) is 0 Å². The molecule has 0 heterocycles. The molecule has 0 rings (SSSR count). The Morgan fingerprint density at radius 1 is 1.17 bits per heavy atom. The monoisotopic (exact) mass is 335 g/mol. The van der Waals surface area contributed by atoms with Gasteiger partial charge in [0.05, 0.1) is 0 Å². The van der Waals surface area contributed by atoms with E-state index in [0.717, 1.165) is 37.2 Å². The molecule has 2 unspecified atom stereocenters. The summed E-state index contributed by atoms with van der Waals surface area (Å²) >= 11 is 0. The predicted molar refractivity (Wildman–Crippen MR) is 109 cm³/mol. The van der Waals surface area contributed by atoms with Crippen molar-refractivity contribution in [2.75, 3.05) is 26.7 Å². The van der Waals surface area contributed by atoms with Gasteiger partial charge in [0, 0.05) is 44.2 Å². The lowest BCUT2D eigenvalue weighted by atomic mass is 9.90. The highest BCUT2D eigenvalue weighted by atomic mass is 14.9. The van der Waals surface area contributed by atoms with Gasteiger partial charge < -0.3 is 16.0 Å². The van der Waals surface area contributed by atoms with Gasteiger partial charge in [-0.05, 0) is 38.5 Å². The fourth-order valence-electron chi connectivity index (χ4n) is 2.67. The maximum Gasteiger partial charge on any atom is 0.0327 e. The van der Waals surface area contributed by atoms with Gasteiger partial charge in [0.2, 0.25) is 0 Å². The Labute approximate surface area is 151 Å². The highest BCUT2D eigenvalue weighted by molar-refractivity contribution is 5.27. The van der Waals surface area contributed by atoms with Crippen LogP contribution in [0.2, 0.25) is 0 Å². The zero-order valence-electron chi connectivity index (χ0n) is 17.0. The average Bonchev–Trinajstić information content (AvgIpc) is 2.55. The highest BCUT2D eigenvalue weighted by Crippen LogP contribution is 2.20. The maximum atomic E-state index is 4.21. The van der Waals surface area contributed by atoms with Crippen molar-refractivity contribution >= 4 is 0 Å². The van der Waals surface area contributed by atoms with Gasteiger partial charge >= 0.3 is 0 Å². The standard InChI is InChI=1S/C21H41N3/c1-8-18(5)14-20(9-2)11-13-24-19(6)21(15-22-7)16-23-12-10-17(3)4/h10,15,18,20,22-24H,6,8-9,11-14,16H2,1-5,7H3/b21-15-. The minimum Gasteiger partial charge on any atom is -0.394 e. The lowest BCUT2D eigenvalue weighted by Gasteiger charge is -2.20. The zero-order valence-corrected chi connectivity index (χ0v) is 17.0. The summed E-state index contributed by atoms with van der Waals surface area (Å²) in [5, 5.41) is 10.1.